The van der Waals surface area contributed by atoms with Crippen LogP contribution in [0.3, 0.4) is 0 Å². The van der Waals surface area contributed by atoms with Gasteiger partial charge in [-0.2, -0.15) is 0 Å². The van der Waals surface area contributed by atoms with Gasteiger partial charge in [-0.05, 0) is 48.0 Å². The molecule has 1 aromatic heterocycles. The van der Waals surface area contributed by atoms with E-state index in [9.17, 15) is 5.11 Å². The van der Waals surface area contributed by atoms with Gasteiger partial charge < -0.3 is 5.11 Å². The second-order valence-electron chi connectivity index (χ2n) is 10.4. The summed E-state index contributed by atoms with van der Waals surface area (Å²) in [5.41, 5.74) is 2.04. The molecule has 0 saturated carbocycles. The Morgan fingerprint density at radius 3 is 1.87 bits per heavy atom. The normalized spacial score (nSPS) is 23.5. The van der Waals surface area contributed by atoms with Crippen molar-refractivity contribution in [2.75, 3.05) is 0 Å². The molecule has 0 amide bonds. The molecule has 1 heterocycles. The number of hydrogen-bond acceptors (Lipinski definition) is 3. The van der Waals surface area contributed by atoms with Crippen LogP contribution in [0.15, 0.2) is 42.2 Å². The van der Waals surface area contributed by atoms with Gasteiger partial charge in [-0.1, -0.05) is 79.7 Å². The molecule has 3 rings (SSSR count). The van der Waals surface area contributed by atoms with Crippen LogP contribution < -0.4 is 0 Å². The predicted octanol–water partition coefficient (Wildman–Crippen LogP) is 7.06. The fraction of sp³-hybridized carbons (Fsp3) is 0.538. The van der Waals surface area contributed by atoms with Crippen molar-refractivity contribution in [3.63, 3.8) is 0 Å². The van der Waals surface area contributed by atoms with Crippen molar-refractivity contribution in [3.05, 3.63) is 53.6 Å². The van der Waals surface area contributed by atoms with E-state index in [4.69, 9.17) is 10.2 Å². The summed E-state index contributed by atoms with van der Waals surface area (Å²) in [7, 11) is 0. The van der Waals surface area contributed by atoms with Crippen LogP contribution >= 0.6 is 0 Å². The summed E-state index contributed by atoms with van der Waals surface area (Å²) in [6.07, 6.45) is 18.7. The van der Waals surface area contributed by atoms with Gasteiger partial charge in [-0.15, -0.1) is 15.0 Å². The van der Waals surface area contributed by atoms with Crippen molar-refractivity contribution in [1.29, 1.82) is 0 Å². The van der Waals surface area contributed by atoms with Crippen LogP contribution in [0.1, 0.15) is 79.6 Å². The van der Waals surface area contributed by atoms with Crippen LogP contribution in [0, 0.1) is 21.7 Å². The summed E-state index contributed by atoms with van der Waals surface area (Å²) < 4.78 is 0. The molecule has 1 aromatic rings. The maximum atomic E-state index is 11.0. The Hall–Kier alpha value is -2.36. The topological polar surface area (TPSA) is 50.9 Å². The summed E-state index contributed by atoms with van der Waals surface area (Å²) in [4.78, 5) is 1.55. The number of nitrogens with zero attached hydrogens (tertiary/aromatic N) is 3. The van der Waals surface area contributed by atoms with Crippen molar-refractivity contribution in [3.8, 4) is 0 Å². The van der Waals surface area contributed by atoms with Crippen LogP contribution in [-0.2, 0) is 0 Å². The monoisotopic (exact) mass is 407 g/mol. The van der Waals surface area contributed by atoms with E-state index in [2.05, 4.69) is 85.8 Å². The molecule has 0 aromatic carbocycles. The molecule has 1 N–H and O–H groups in total. The Bertz CT molecular complexity index is 937. The number of rotatable bonds is 5. The van der Waals surface area contributed by atoms with E-state index < -0.39 is 0 Å². The van der Waals surface area contributed by atoms with Gasteiger partial charge in [0.2, 0.25) is 0 Å². The predicted molar refractivity (Wildman–Crippen MR) is 127 cm³/mol. The van der Waals surface area contributed by atoms with Gasteiger partial charge in [0.05, 0.1) is 0 Å². The van der Waals surface area contributed by atoms with Crippen LogP contribution in [0.4, 0.5) is 0 Å². The summed E-state index contributed by atoms with van der Waals surface area (Å²) >= 11 is 0. The first-order valence-corrected chi connectivity index (χ1v) is 11.1. The lowest BCUT2D eigenvalue weighted by atomic mass is 9.65. The quantitative estimate of drug-likeness (QED) is 0.568. The standard InChI is InChI=1S/C26H37N3O/c1-9-23(3,4)25(7)16-13-19-20(14-17-25)28-29(27-19)21-12-11-15-26(8,18-22(21)30)24(5,6)10-2/h11-18,30H,9-10H2,1-8H3. The molecule has 4 heteroatoms. The molecular formula is C26H37N3O. The second kappa shape index (κ2) is 7.40. The van der Waals surface area contributed by atoms with Crippen molar-refractivity contribution < 1.29 is 5.11 Å². The third kappa shape index (κ3) is 3.61. The highest BCUT2D eigenvalue weighted by Gasteiger charge is 2.38. The van der Waals surface area contributed by atoms with E-state index in [0.717, 1.165) is 24.2 Å². The van der Waals surface area contributed by atoms with Crippen LogP contribution in [-0.4, -0.2) is 20.1 Å². The van der Waals surface area contributed by atoms with Gasteiger partial charge in [-0.3, -0.25) is 0 Å². The minimum atomic E-state index is -0.262. The average molecular weight is 408 g/mol. The first-order chi connectivity index (χ1) is 13.9. The van der Waals surface area contributed by atoms with Crippen molar-refractivity contribution in [1.82, 2.24) is 15.0 Å². The first kappa shape index (κ1) is 22.3. The summed E-state index contributed by atoms with van der Waals surface area (Å²) in [6.45, 7) is 17.9. The van der Waals surface area contributed by atoms with Gasteiger partial charge in [0.25, 0.3) is 0 Å². The zero-order valence-electron chi connectivity index (χ0n) is 19.8. The minimum Gasteiger partial charge on any atom is -0.506 e. The van der Waals surface area contributed by atoms with Gasteiger partial charge in [0.1, 0.15) is 22.8 Å². The molecule has 2 aliphatic rings. The van der Waals surface area contributed by atoms with E-state index in [1.54, 1.807) is 4.80 Å². The molecule has 2 aliphatic carbocycles. The lowest BCUT2D eigenvalue weighted by Crippen LogP contribution is -2.31. The highest BCUT2D eigenvalue weighted by molar-refractivity contribution is 5.67. The third-order valence-corrected chi connectivity index (χ3v) is 8.14. The maximum absolute atomic E-state index is 11.0. The van der Waals surface area contributed by atoms with Gasteiger partial charge >= 0.3 is 0 Å². The molecular weight excluding hydrogens is 370 g/mol. The Kier molecular flexibility index (Phi) is 5.51. The fourth-order valence-electron chi connectivity index (χ4n) is 3.87. The van der Waals surface area contributed by atoms with E-state index in [1.807, 2.05) is 18.2 Å². The smallest absolute Gasteiger partial charge is 0.139 e. The summed E-state index contributed by atoms with van der Waals surface area (Å²) in [5, 5.41) is 20.3. The van der Waals surface area contributed by atoms with Crippen LogP contribution in [0.25, 0.3) is 17.8 Å². The number of aliphatic hydroxyl groups excluding tert-OH is 1. The number of aliphatic hydroxyl groups is 1. The third-order valence-electron chi connectivity index (χ3n) is 8.14. The molecule has 30 heavy (non-hydrogen) atoms. The zero-order chi connectivity index (χ0) is 22.4. The number of fused-ring (bicyclic) bond motifs is 1. The highest BCUT2D eigenvalue weighted by atomic mass is 16.3. The van der Waals surface area contributed by atoms with Crippen LogP contribution in [0.5, 0.6) is 0 Å². The van der Waals surface area contributed by atoms with E-state index in [0.29, 0.717) is 5.70 Å². The van der Waals surface area contributed by atoms with Crippen molar-refractivity contribution in [2.24, 2.45) is 21.7 Å². The Labute approximate surface area is 181 Å². The van der Waals surface area contributed by atoms with Crippen molar-refractivity contribution in [2.45, 2.75) is 68.2 Å². The fourth-order valence-corrected chi connectivity index (χ4v) is 3.87. The number of hydrogen-bond donors (Lipinski definition) is 1. The Morgan fingerprint density at radius 2 is 1.37 bits per heavy atom. The molecule has 0 saturated heterocycles. The van der Waals surface area contributed by atoms with E-state index >= 15 is 0 Å². The summed E-state index contributed by atoms with van der Waals surface area (Å²) in [5.74, 6) is 0.207. The summed E-state index contributed by atoms with van der Waals surface area (Å²) in [6, 6.07) is 0. The number of allylic oxidation sites excluding steroid dienone is 7. The molecule has 162 valence electrons. The number of aromatic nitrogens is 3. The average Bonchev–Trinajstić information content (AvgIpc) is 2.93. The molecule has 0 bridgehead atoms. The molecule has 0 fully saturated rings. The lowest BCUT2D eigenvalue weighted by Gasteiger charge is -2.39. The highest BCUT2D eigenvalue weighted by Crippen LogP contribution is 2.47. The Morgan fingerprint density at radius 1 is 0.867 bits per heavy atom. The molecule has 0 spiro atoms. The van der Waals surface area contributed by atoms with Gasteiger partial charge in [0, 0.05) is 10.8 Å². The van der Waals surface area contributed by atoms with E-state index in [-0.39, 0.29) is 27.4 Å². The SMILES string of the molecule is CCC(C)(C)C1(C)C=Cc2nn(C3=CC=CC(C)(C(C)(C)CC)C=C3O)nc2C=C1. The van der Waals surface area contributed by atoms with Crippen molar-refractivity contribution >= 4 is 17.8 Å². The largest absolute Gasteiger partial charge is 0.506 e. The molecule has 0 radical (unpaired) electrons. The van der Waals surface area contributed by atoms with Crippen LogP contribution in [0.2, 0.25) is 0 Å². The van der Waals surface area contributed by atoms with Gasteiger partial charge in [-0.25, -0.2) is 0 Å². The molecule has 4 nitrogen and oxygen atoms in total. The first-order valence-electron chi connectivity index (χ1n) is 11.1. The minimum absolute atomic E-state index is 0.0114. The Balaban J connectivity index is 1.97. The maximum Gasteiger partial charge on any atom is 0.139 e. The zero-order valence-corrected chi connectivity index (χ0v) is 19.8. The van der Waals surface area contributed by atoms with E-state index in [1.165, 1.54) is 0 Å². The molecule has 1 atom stereocenters. The van der Waals surface area contributed by atoms with Gasteiger partial charge in [0.15, 0.2) is 0 Å². The lowest BCUT2D eigenvalue weighted by molar-refractivity contribution is 0.186. The second-order valence-corrected chi connectivity index (χ2v) is 10.4. The molecule has 1 unspecified atom stereocenters. The molecule has 0 aliphatic heterocycles.